The third kappa shape index (κ3) is 3.81. The fraction of sp³-hybridized carbons (Fsp3) is 0.429. The van der Waals surface area contributed by atoms with Crippen molar-refractivity contribution < 1.29 is 4.39 Å². The standard InChI is InChI=1S/C14H18FN3S/c1-9(2)7-16-8-13-17-18-14(19-13)11-5-4-10(3)12(15)6-11/h4-6,9,16H,7-8H2,1-3H3. The molecule has 0 saturated heterocycles. The first-order valence-electron chi connectivity index (χ1n) is 6.36. The molecule has 0 aliphatic rings. The Hall–Kier alpha value is -1.33. The molecule has 102 valence electrons. The Morgan fingerprint density at radius 1 is 1.32 bits per heavy atom. The van der Waals surface area contributed by atoms with Crippen molar-refractivity contribution in [2.24, 2.45) is 5.92 Å². The maximum Gasteiger partial charge on any atom is 0.147 e. The van der Waals surface area contributed by atoms with Gasteiger partial charge >= 0.3 is 0 Å². The second-order valence-corrected chi connectivity index (χ2v) is 6.05. The van der Waals surface area contributed by atoms with Gasteiger partial charge in [0.25, 0.3) is 0 Å². The molecule has 0 radical (unpaired) electrons. The van der Waals surface area contributed by atoms with Crippen LogP contribution in [0.3, 0.4) is 0 Å². The molecule has 1 aromatic heterocycles. The lowest BCUT2D eigenvalue weighted by molar-refractivity contribution is 0.550. The van der Waals surface area contributed by atoms with Crippen LogP contribution in [0.1, 0.15) is 24.4 Å². The second kappa shape index (κ2) is 6.21. The average Bonchev–Trinajstić information content (AvgIpc) is 2.81. The van der Waals surface area contributed by atoms with Gasteiger partial charge in [-0.1, -0.05) is 37.3 Å². The summed E-state index contributed by atoms with van der Waals surface area (Å²) in [6.45, 7) is 7.74. The molecule has 0 aliphatic heterocycles. The van der Waals surface area contributed by atoms with E-state index in [4.69, 9.17) is 0 Å². The van der Waals surface area contributed by atoms with Crippen molar-refractivity contribution in [3.63, 3.8) is 0 Å². The predicted molar refractivity (Wildman–Crippen MR) is 76.6 cm³/mol. The maximum atomic E-state index is 13.5. The minimum Gasteiger partial charge on any atom is -0.310 e. The first-order valence-corrected chi connectivity index (χ1v) is 7.17. The van der Waals surface area contributed by atoms with E-state index in [-0.39, 0.29) is 5.82 Å². The summed E-state index contributed by atoms with van der Waals surface area (Å²) in [5.74, 6) is 0.408. The zero-order chi connectivity index (χ0) is 13.8. The van der Waals surface area contributed by atoms with Crippen molar-refractivity contribution >= 4 is 11.3 Å². The Morgan fingerprint density at radius 3 is 2.79 bits per heavy atom. The molecular weight excluding hydrogens is 261 g/mol. The highest BCUT2D eigenvalue weighted by atomic mass is 32.1. The second-order valence-electron chi connectivity index (χ2n) is 4.99. The number of rotatable bonds is 5. The van der Waals surface area contributed by atoms with Gasteiger partial charge in [0.15, 0.2) is 0 Å². The van der Waals surface area contributed by atoms with E-state index >= 15 is 0 Å². The number of aryl methyl sites for hydroxylation is 1. The third-order valence-corrected chi connectivity index (χ3v) is 3.69. The summed E-state index contributed by atoms with van der Waals surface area (Å²) in [7, 11) is 0. The molecule has 0 atom stereocenters. The summed E-state index contributed by atoms with van der Waals surface area (Å²) in [6, 6.07) is 5.16. The first kappa shape index (κ1) is 14.1. The molecule has 2 rings (SSSR count). The summed E-state index contributed by atoms with van der Waals surface area (Å²) in [6.07, 6.45) is 0. The van der Waals surface area contributed by atoms with E-state index in [9.17, 15) is 4.39 Å². The highest BCUT2D eigenvalue weighted by Gasteiger charge is 2.08. The van der Waals surface area contributed by atoms with E-state index in [0.717, 1.165) is 22.1 Å². The SMILES string of the molecule is Cc1ccc(-c2nnc(CNCC(C)C)s2)cc1F. The number of halogens is 1. The van der Waals surface area contributed by atoms with Crippen molar-refractivity contribution in [2.45, 2.75) is 27.3 Å². The van der Waals surface area contributed by atoms with Crippen LogP contribution in [-0.4, -0.2) is 16.7 Å². The Morgan fingerprint density at radius 2 is 2.11 bits per heavy atom. The molecule has 0 unspecified atom stereocenters. The van der Waals surface area contributed by atoms with Crippen LogP contribution in [0.25, 0.3) is 10.6 Å². The zero-order valence-corrected chi connectivity index (χ0v) is 12.2. The van der Waals surface area contributed by atoms with Crippen LogP contribution in [0.4, 0.5) is 4.39 Å². The first-order chi connectivity index (χ1) is 9.06. The van der Waals surface area contributed by atoms with Crippen molar-refractivity contribution in [3.8, 4) is 10.6 Å². The maximum absolute atomic E-state index is 13.5. The molecule has 1 heterocycles. The Kier molecular flexibility index (Phi) is 4.61. The van der Waals surface area contributed by atoms with Gasteiger partial charge in [0.1, 0.15) is 15.8 Å². The zero-order valence-electron chi connectivity index (χ0n) is 11.4. The summed E-state index contributed by atoms with van der Waals surface area (Å²) < 4.78 is 13.5. The van der Waals surface area contributed by atoms with Gasteiger partial charge in [-0.15, -0.1) is 10.2 Å². The van der Waals surface area contributed by atoms with Gasteiger partial charge in [0, 0.05) is 12.1 Å². The normalized spacial score (nSPS) is 11.2. The minimum absolute atomic E-state index is 0.202. The van der Waals surface area contributed by atoms with E-state index in [1.807, 2.05) is 6.07 Å². The fourth-order valence-corrected chi connectivity index (χ4v) is 2.44. The monoisotopic (exact) mass is 279 g/mol. The largest absolute Gasteiger partial charge is 0.310 e. The van der Waals surface area contributed by atoms with Crippen molar-refractivity contribution in [3.05, 3.63) is 34.6 Å². The molecule has 19 heavy (non-hydrogen) atoms. The Bertz CT molecular complexity index is 551. The summed E-state index contributed by atoms with van der Waals surface area (Å²) >= 11 is 1.50. The van der Waals surface area contributed by atoms with Gasteiger partial charge in [-0.3, -0.25) is 0 Å². The van der Waals surface area contributed by atoms with E-state index in [0.29, 0.717) is 18.0 Å². The van der Waals surface area contributed by atoms with Gasteiger partial charge in [-0.05, 0) is 31.0 Å². The smallest absolute Gasteiger partial charge is 0.147 e. The van der Waals surface area contributed by atoms with Gasteiger partial charge in [0.05, 0.1) is 0 Å². The van der Waals surface area contributed by atoms with Gasteiger partial charge < -0.3 is 5.32 Å². The van der Waals surface area contributed by atoms with E-state index < -0.39 is 0 Å². The summed E-state index contributed by atoms with van der Waals surface area (Å²) in [4.78, 5) is 0. The van der Waals surface area contributed by atoms with Crippen LogP contribution >= 0.6 is 11.3 Å². The lowest BCUT2D eigenvalue weighted by Gasteiger charge is -2.04. The van der Waals surface area contributed by atoms with Crippen LogP contribution in [-0.2, 0) is 6.54 Å². The summed E-state index contributed by atoms with van der Waals surface area (Å²) in [5, 5.41) is 13.3. The molecule has 0 amide bonds. The molecule has 0 saturated carbocycles. The molecule has 5 heteroatoms. The summed E-state index contributed by atoms with van der Waals surface area (Å²) in [5.41, 5.74) is 1.43. The molecule has 1 N–H and O–H groups in total. The number of hydrogen-bond donors (Lipinski definition) is 1. The lowest BCUT2D eigenvalue weighted by atomic mass is 10.1. The third-order valence-electron chi connectivity index (χ3n) is 2.71. The molecule has 0 bridgehead atoms. The minimum atomic E-state index is -0.202. The topological polar surface area (TPSA) is 37.8 Å². The van der Waals surface area contributed by atoms with E-state index in [1.54, 1.807) is 13.0 Å². The van der Waals surface area contributed by atoms with Gasteiger partial charge in [-0.2, -0.15) is 0 Å². The molecule has 0 fully saturated rings. The van der Waals surface area contributed by atoms with Gasteiger partial charge in [-0.25, -0.2) is 4.39 Å². The number of benzene rings is 1. The molecule has 3 nitrogen and oxygen atoms in total. The predicted octanol–water partition coefficient (Wildman–Crippen LogP) is 3.40. The van der Waals surface area contributed by atoms with E-state index in [1.165, 1.54) is 17.4 Å². The van der Waals surface area contributed by atoms with Gasteiger partial charge in [0.2, 0.25) is 0 Å². The molecule has 1 aromatic carbocycles. The Labute approximate surface area is 116 Å². The molecular formula is C14H18FN3S. The van der Waals surface area contributed by atoms with Crippen LogP contribution in [0.2, 0.25) is 0 Å². The number of nitrogens with one attached hydrogen (secondary N) is 1. The highest BCUT2D eigenvalue weighted by Crippen LogP contribution is 2.25. The van der Waals surface area contributed by atoms with E-state index in [2.05, 4.69) is 29.4 Å². The molecule has 0 aliphatic carbocycles. The van der Waals surface area contributed by atoms with Crippen LogP contribution in [0.15, 0.2) is 18.2 Å². The van der Waals surface area contributed by atoms with Crippen molar-refractivity contribution in [1.82, 2.24) is 15.5 Å². The van der Waals surface area contributed by atoms with Crippen LogP contribution < -0.4 is 5.32 Å². The lowest BCUT2D eigenvalue weighted by Crippen LogP contribution is -2.18. The van der Waals surface area contributed by atoms with Crippen molar-refractivity contribution in [1.29, 1.82) is 0 Å². The van der Waals surface area contributed by atoms with Crippen LogP contribution in [0, 0.1) is 18.7 Å². The number of hydrogen-bond acceptors (Lipinski definition) is 4. The highest BCUT2D eigenvalue weighted by molar-refractivity contribution is 7.14. The number of nitrogens with zero attached hydrogens (tertiary/aromatic N) is 2. The van der Waals surface area contributed by atoms with Crippen molar-refractivity contribution in [2.75, 3.05) is 6.54 Å². The molecule has 0 spiro atoms. The van der Waals surface area contributed by atoms with Crippen LogP contribution in [0.5, 0.6) is 0 Å². The number of aromatic nitrogens is 2. The average molecular weight is 279 g/mol. The molecule has 2 aromatic rings. The Balaban J connectivity index is 2.05. The fourth-order valence-electron chi connectivity index (χ4n) is 1.64. The quantitative estimate of drug-likeness (QED) is 0.911.